The number of hydrogen-bond donors (Lipinski definition) is 2. The van der Waals surface area contributed by atoms with Crippen LogP contribution in [-0.4, -0.2) is 208 Å². The Balaban J connectivity index is 0.779. The molecule has 5 aromatic rings. The van der Waals surface area contributed by atoms with Gasteiger partial charge in [-0.15, -0.1) is 0 Å². The summed E-state index contributed by atoms with van der Waals surface area (Å²) in [6.07, 6.45) is 4.14. The molecule has 3 amide bonds. The molecule has 0 radical (unpaired) electrons. The molecule has 2 aromatic carbocycles. The Bertz CT molecular complexity index is 3240. The molecular formula is C60H84FN13O7S. The van der Waals surface area contributed by atoms with E-state index in [-0.39, 0.29) is 64.5 Å². The van der Waals surface area contributed by atoms with E-state index in [1.807, 2.05) is 63.6 Å². The van der Waals surface area contributed by atoms with Crippen LogP contribution in [0.5, 0.6) is 5.75 Å². The highest BCUT2D eigenvalue weighted by Gasteiger charge is 2.44. The molecule has 9 rings (SSSR count). The second-order valence-electron chi connectivity index (χ2n) is 25.5. The molecule has 0 spiro atoms. The lowest BCUT2D eigenvalue weighted by Gasteiger charge is -2.48. The molecule has 2 N–H and O–H groups in total. The lowest BCUT2D eigenvalue weighted by molar-refractivity contribution is -0.136. The number of ether oxygens (including phenoxy) is 2. The summed E-state index contributed by atoms with van der Waals surface area (Å²) in [5.74, 6) is 1.06. The van der Waals surface area contributed by atoms with Crippen molar-refractivity contribution in [3.63, 3.8) is 0 Å². The lowest BCUT2D eigenvalue weighted by Crippen LogP contribution is -2.65. The zero-order chi connectivity index (χ0) is 59.1. The number of carbonyl (C=O) groups is 3. The number of pyridine rings is 1. The molecule has 3 aromatic heterocycles. The molecule has 4 aliphatic heterocycles. The van der Waals surface area contributed by atoms with E-state index in [2.05, 4.69) is 65.9 Å². The van der Waals surface area contributed by atoms with E-state index < -0.39 is 20.2 Å². The third-order valence-corrected chi connectivity index (χ3v) is 19.0. The van der Waals surface area contributed by atoms with Gasteiger partial charge >= 0.3 is 6.09 Å². The number of hydrogen-bond acceptors (Lipinski definition) is 16. The number of nitrogens with zero attached hydrogens (tertiary/aromatic N) is 11. The van der Waals surface area contributed by atoms with Crippen LogP contribution in [0.1, 0.15) is 104 Å². The van der Waals surface area contributed by atoms with Gasteiger partial charge in [-0.25, -0.2) is 27.6 Å². The first-order valence-electron chi connectivity index (χ1n) is 28.8. The van der Waals surface area contributed by atoms with Gasteiger partial charge in [-0.2, -0.15) is 5.10 Å². The normalized spacial score (nSPS) is 20.5. The zero-order valence-electron chi connectivity index (χ0n) is 50.0. The monoisotopic (exact) mass is 1150 g/mol. The summed E-state index contributed by atoms with van der Waals surface area (Å²) >= 11 is 0. The Morgan fingerprint density at radius 1 is 0.817 bits per heavy atom. The molecule has 4 aliphatic rings. The second-order valence-corrected chi connectivity index (χ2v) is 28.2. The minimum atomic E-state index is -3.84. The van der Waals surface area contributed by atoms with Crippen LogP contribution in [0, 0.1) is 19.7 Å². The maximum Gasteiger partial charge on any atom is 0.410 e. The van der Waals surface area contributed by atoms with Crippen molar-refractivity contribution in [2.75, 3.05) is 108 Å². The Morgan fingerprint density at radius 3 is 2.21 bits per heavy atom. The van der Waals surface area contributed by atoms with Crippen LogP contribution in [0.3, 0.4) is 0 Å². The summed E-state index contributed by atoms with van der Waals surface area (Å²) < 4.78 is 52.9. The van der Waals surface area contributed by atoms with Gasteiger partial charge in [0.05, 0.1) is 41.3 Å². The number of halogens is 1. The van der Waals surface area contributed by atoms with E-state index in [0.717, 1.165) is 66.5 Å². The maximum atomic E-state index is 14.7. The highest BCUT2D eigenvalue weighted by Crippen LogP contribution is 2.41. The molecule has 3 atom stereocenters. The van der Waals surface area contributed by atoms with Gasteiger partial charge in [0.25, 0.3) is 0 Å². The number of nitrogens with one attached hydrogen (secondary N) is 2. The van der Waals surface area contributed by atoms with Crippen molar-refractivity contribution in [1.82, 2.24) is 54.5 Å². The predicted molar refractivity (Wildman–Crippen MR) is 315 cm³/mol. The average Bonchev–Trinajstić information content (AvgIpc) is 4.06. The van der Waals surface area contributed by atoms with Crippen molar-refractivity contribution >= 4 is 56.0 Å². The highest BCUT2D eigenvalue weighted by molar-refractivity contribution is 7.92. The highest BCUT2D eigenvalue weighted by atomic mass is 32.2. The molecule has 82 heavy (non-hydrogen) atoms. The van der Waals surface area contributed by atoms with Crippen molar-refractivity contribution < 1.29 is 36.7 Å². The minimum Gasteiger partial charge on any atom is -0.492 e. The molecule has 3 fully saturated rings. The average molecular weight is 1150 g/mol. The summed E-state index contributed by atoms with van der Waals surface area (Å²) in [7, 11) is -3.84. The van der Waals surface area contributed by atoms with Crippen molar-refractivity contribution in [3.05, 3.63) is 88.9 Å². The topological polar surface area (TPSA) is 206 Å². The zero-order valence-corrected chi connectivity index (χ0v) is 50.8. The standard InChI is InChI=1S/C60H84FN13O7S/c1-39-31-71(52(75)35-69-21-19-68(20-22-69)18-13-25-80-50-29-48-47(28-51(50)82(78,79)59(8,9)10)56(64-38-63-48)65-55-41(3)42(4)66-67-55)24-23-70(39)33-46-34-73(57(77)81-58(5,6)7)40(2)32-72(46)36-53(76)74-37-60(11,12)54-49(74)27-44(30-62-54)26-43-14-16-45(61)17-15-43/h14-17,27-30,38-40,46H,13,18-26,31-37H2,1-12H3,(H2,63,64,65,66,67)/t39-,40?,46?/m1/s1. The van der Waals surface area contributed by atoms with E-state index in [1.54, 1.807) is 49.9 Å². The summed E-state index contributed by atoms with van der Waals surface area (Å²) in [6.45, 7) is 31.2. The van der Waals surface area contributed by atoms with E-state index in [1.165, 1.54) is 18.5 Å². The van der Waals surface area contributed by atoms with Crippen LogP contribution < -0.4 is 15.0 Å². The van der Waals surface area contributed by atoms with Crippen LogP contribution in [0.4, 0.5) is 26.5 Å². The molecule has 0 bridgehead atoms. The van der Waals surface area contributed by atoms with Crippen LogP contribution in [-0.2, 0) is 36.0 Å². The minimum absolute atomic E-state index is 0.0312. The summed E-state index contributed by atoms with van der Waals surface area (Å²) in [4.78, 5) is 71.0. The fourth-order valence-electron chi connectivity index (χ4n) is 11.5. The molecular weight excluding hydrogens is 1070 g/mol. The number of piperazine rings is 3. The van der Waals surface area contributed by atoms with Gasteiger partial charge in [-0.1, -0.05) is 26.0 Å². The smallest absolute Gasteiger partial charge is 0.410 e. The second kappa shape index (κ2) is 24.1. The number of aromatic nitrogens is 5. The summed E-state index contributed by atoms with van der Waals surface area (Å²) in [5, 5.41) is 11.1. The van der Waals surface area contributed by atoms with Gasteiger partial charge in [0.2, 0.25) is 11.8 Å². The van der Waals surface area contributed by atoms with Crippen LogP contribution in [0.25, 0.3) is 10.9 Å². The van der Waals surface area contributed by atoms with Crippen LogP contribution >= 0.6 is 0 Å². The van der Waals surface area contributed by atoms with E-state index in [4.69, 9.17) is 14.5 Å². The lowest BCUT2D eigenvalue weighted by atomic mass is 9.91. The van der Waals surface area contributed by atoms with Gasteiger partial charge in [-0.05, 0) is 117 Å². The molecule has 7 heterocycles. The number of aryl methyl sites for hydroxylation is 1. The number of sulfone groups is 1. The Hall–Kier alpha value is -6.33. The number of anilines is 3. The fraction of sp³-hybridized carbons (Fsp3) is 0.583. The van der Waals surface area contributed by atoms with Crippen molar-refractivity contribution in [2.45, 2.75) is 135 Å². The SMILES string of the molecule is Cc1[nH]nc(Nc2ncnc3cc(OCCCN4CCN(CC(=O)N5CCN(CC6CN(C(=O)OC(C)(C)C)C(C)CN6CC(=O)N6CC(C)(C)c7ncc(Cc8ccc(F)cc8)cc76)[C@H](C)C5)CC4)c(S(=O)(=O)C(C)(C)C)cc23)c1C. The Kier molecular flexibility index (Phi) is 17.7. The number of benzene rings is 2. The third-order valence-electron chi connectivity index (χ3n) is 16.5. The fourth-order valence-corrected chi connectivity index (χ4v) is 12.8. The number of amides is 3. The van der Waals surface area contributed by atoms with E-state index >= 15 is 0 Å². The van der Waals surface area contributed by atoms with Crippen LogP contribution in [0.15, 0.2) is 59.9 Å². The first-order valence-corrected chi connectivity index (χ1v) is 30.3. The molecule has 444 valence electrons. The Morgan fingerprint density at radius 2 is 1.54 bits per heavy atom. The van der Waals surface area contributed by atoms with Gasteiger partial charge in [0, 0.05) is 131 Å². The number of H-pyrrole nitrogens is 1. The first kappa shape index (κ1) is 60.3. The molecule has 20 nitrogen and oxygen atoms in total. The van der Waals surface area contributed by atoms with E-state index in [9.17, 15) is 27.2 Å². The largest absolute Gasteiger partial charge is 0.492 e. The first-order chi connectivity index (χ1) is 38.6. The number of aromatic amines is 1. The molecule has 0 aliphatic carbocycles. The number of rotatable bonds is 16. The van der Waals surface area contributed by atoms with Gasteiger partial charge in [0.1, 0.15) is 34.2 Å². The molecule has 22 heteroatoms. The summed E-state index contributed by atoms with van der Waals surface area (Å²) in [5.41, 5.74) is 4.89. The molecule has 2 unspecified atom stereocenters. The number of carbonyl (C=O) groups excluding carboxylic acids is 3. The van der Waals surface area contributed by atoms with Gasteiger partial charge in [-0.3, -0.25) is 34.4 Å². The Labute approximate surface area is 483 Å². The van der Waals surface area contributed by atoms with Crippen molar-refractivity contribution in [2.24, 2.45) is 0 Å². The number of fused-ring (bicyclic) bond motifs is 2. The maximum absolute atomic E-state index is 14.7. The van der Waals surface area contributed by atoms with Crippen molar-refractivity contribution in [1.29, 1.82) is 0 Å². The summed E-state index contributed by atoms with van der Waals surface area (Å²) in [6, 6.07) is 11.4. The van der Waals surface area contributed by atoms with Gasteiger partial charge in [0.15, 0.2) is 15.7 Å². The van der Waals surface area contributed by atoms with Crippen molar-refractivity contribution in [3.8, 4) is 5.75 Å². The molecule has 0 saturated carbocycles. The predicted octanol–water partition coefficient (Wildman–Crippen LogP) is 6.96. The third kappa shape index (κ3) is 13.7. The quantitative estimate of drug-likeness (QED) is 0.0958. The molecule has 3 saturated heterocycles. The van der Waals surface area contributed by atoms with Crippen LogP contribution in [0.2, 0.25) is 0 Å². The van der Waals surface area contributed by atoms with Gasteiger partial charge < -0.3 is 34.4 Å². The van der Waals surface area contributed by atoms with E-state index in [0.29, 0.717) is 94.3 Å².